The Labute approximate surface area is 230 Å². The fourth-order valence-corrected chi connectivity index (χ4v) is 3.15. The highest BCUT2D eigenvalue weighted by atomic mass is 19.4. The lowest BCUT2D eigenvalue weighted by Gasteiger charge is -2.26. The molecule has 0 bridgehead atoms. The molecule has 8 nitrogen and oxygen atoms in total. The first-order valence-corrected chi connectivity index (χ1v) is 10.8. The Balaban J connectivity index is 2.11. The first kappa shape index (κ1) is 31.2. The third-order valence-corrected chi connectivity index (χ3v) is 4.76. The zero-order chi connectivity index (χ0) is 30.7. The van der Waals surface area contributed by atoms with E-state index in [9.17, 15) is 35.9 Å². The van der Waals surface area contributed by atoms with E-state index in [1.807, 2.05) is 0 Å². The minimum Gasteiger partial charge on any atom is -0.510 e. The van der Waals surface area contributed by atoms with E-state index in [2.05, 4.69) is 19.8 Å². The predicted octanol–water partition coefficient (Wildman–Crippen LogP) is 4.52. The lowest BCUT2D eigenvalue weighted by molar-refractivity contribution is -0.275. The van der Waals surface area contributed by atoms with Gasteiger partial charge in [-0.25, -0.2) is 22.9 Å². The molecule has 0 spiro atoms. The van der Waals surface area contributed by atoms with Gasteiger partial charge in [-0.05, 0) is 41.7 Å². The van der Waals surface area contributed by atoms with Crippen LogP contribution < -0.4 is 19.5 Å². The van der Waals surface area contributed by atoms with Crippen LogP contribution in [0.1, 0.15) is 32.8 Å². The van der Waals surface area contributed by atoms with Crippen molar-refractivity contribution in [3.05, 3.63) is 71.1 Å². The Morgan fingerprint density at radius 1 is 0.927 bits per heavy atom. The SMILES string of the molecule is [B]C([B])([B])Oc1c(Oc2ccc(C(F)F)c(F)c2C(=O)Nc2ccnc(C(=O)OC)c2)ccc(OC(F)(F)F)c1F. The normalized spacial score (nSPS) is 11.6. The molecule has 41 heavy (non-hydrogen) atoms. The van der Waals surface area contributed by atoms with Crippen LogP contribution in [0, 0.1) is 11.6 Å². The lowest BCUT2D eigenvalue weighted by Crippen LogP contribution is -2.38. The number of amides is 1. The molecule has 1 heterocycles. The molecule has 3 aromatic rings. The zero-order valence-corrected chi connectivity index (χ0v) is 20.4. The summed E-state index contributed by atoms with van der Waals surface area (Å²) in [5, 5.41) is -0.561. The Morgan fingerprint density at radius 3 is 2.15 bits per heavy atom. The highest BCUT2D eigenvalue weighted by molar-refractivity contribution is 6.58. The molecule has 1 N–H and O–H groups in total. The van der Waals surface area contributed by atoms with Gasteiger partial charge < -0.3 is 24.3 Å². The van der Waals surface area contributed by atoms with E-state index < -0.39 is 75.7 Å². The Hall–Kier alpha value is -4.37. The van der Waals surface area contributed by atoms with E-state index in [4.69, 9.17) is 33.0 Å². The highest BCUT2D eigenvalue weighted by Crippen LogP contribution is 2.42. The van der Waals surface area contributed by atoms with Crippen LogP contribution in [-0.4, -0.2) is 59.2 Å². The molecule has 0 saturated heterocycles. The third-order valence-electron chi connectivity index (χ3n) is 4.76. The van der Waals surface area contributed by atoms with Crippen molar-refractivity contribution in [1.29, 1.82) is 0 Å². The van der Waals surface area contributed by atoms with Gasteiger partial charge in [0, 0.05) is 11.9 Å². The molecule has 0 fully saturated rings. The van der Waals surface area contributed by atoms with E-state index in [1.165, 1.54) is 0 Å². The van der Waals surface area contributed by atoms with Gasteiger partial charge in [-0.2, -0.15) is 4.39 Å². The Morgan fingerprint density at radius 2 is 1.56 bits per heavy atom. The maximum absolute atomic E-state index is 15.2. The average molecular weight is 578 g/mol. The lowest BCUT2D eigenvalue weighted by atomic mass is 9.52. The second-order valence-corrected chi connectivity index (χ2v) is 7.83. The largest absolute Gasteiger partial charge is 0.573 e. The molecule has 18 heteroatoms. The fraction of sp³-hybridized carbons (Fsp3) is 0.174. The number of carbonyl (C=O) groups is 2. The second kappa shape index (κ2) is 12.0. The summed E-state index contributed by atoms with van der Waals surface area (Å²) in [7, 11) is 16.8. The Bertz CT molecular complexity index is 1470. The van der Waals surface area contributed by atoms with Gasteiger partial charge in [-0.15, -0.1) is 13.2 Å². The van der Waals surface area contributed by atoms with Crippen LogP contribution in [0.3, 0.4) is 0 Å². The molecular formula is C23H12B3F7N2O6. The first-order chi connectivity index (χ1) is 19.0. The van der Waals surface area contributed by atoms with E-state index in [1.54, 1.807) is 0 Å². The van der Waals surface area contributed by atoms with Crippen LogP contribution in [0.25, 0.3) is 0 Å². The summed E-state index contributed by atoms with van der Waals surface area (Å²) in [4.78, 5) is 28.5. The van der Waals surface area contributed by atoms with E-state index in [0.29, 0.717) is 24.3 Å². The monoisotopic (exact) mass is 578 g/mol. The minimum atomic E-state index is -5.36. The molecule has 0 aliphatic heterocycles. The van der Waals surface area contributed by atoms with Crippen molar-refractivity contribution in [2.24, 2.45) is 0 Å². The maximum atomic E-state index is 15.2. The quantitative estimate of drug-likeness (QED) is 0.227. The molecule has 208 valence electrons. The third kappa shape index (κ3) is 7.86. The van der Waals surface area contributed by atoms with Gasteiger partial charge in [0.15, 0.2) is 17.2 Å². The summed E-state index contributed by atoms with van der Waals surface area (Å²) < 4.78 is 113. The number of anilines is 1. The number of aromatic nitrogens is 1. The van der Waals surface area contributed by atoms with E-state index in [0.717, 1.165) is 25.4 Å². The van der Waals surface area contributed by atoms with Crippen molar-refractivity contribution < 1.29 is 59.3 Å². The molecule has 0 unspecified atom stereocenters. The number of pyridine rings is 1. The van der Waals surface area contributed by atoms with Gasteiger partial charge in [0.1, 0.15) is 46.4 Å². The number of nitrogens with zero attached hydrogens (tertiary/aromatic N) is 1. The summed E-state index contributed by atoms with van der Waals surface area (Å²) in [5.74, 6) is -10.4. The molecule has 0 atom stereocenters. The van der Waals surface area contributed by atoms with Crippen molar-refractivity contribution in [1.82, 2.24) is 4.98 Å². The smallest absolute Gasteiger partial charge is 0.510 e. The molecule has 1 aromatic heterocycles. The second-order valence-electron chi connectivity index (χ2n) is 7.83. The van der Waals surface area contributed by atoms with Crippen LogP contribution in [0.5, 0.6) is 23.0 Å². The number of carbonyl (C=O) groups excluding carboxylic acids is 2. The van der Waals surface area contributed by atoms with Gasteiger partial charge in [-0.1, -0.05) is 0 Å². The first-order valence-electron chi connectivity index (χ1n) is 10.8. The number of methoxy groups -OCH3 is 1. The number of esters is 1. The van der Waals surface area contributed by atoms with Crippen LogP contribution in [-0.2, 0) is 4.74 Å². The Kier molecular flexibility index (Phi) is 9.14. The molecule has 3 rings (SSSR count). The molecule has 0 aliphatic rings. The molecule has 0 saturated carbocycles. The van der Waals surface area contributed by atoms with Crippen molar-refractivity contribution in [3.8, 4) is 23.0 Å². The van der Waals surface area contributed by atoms with Crippen molar-refractivity contribution in [2.45, 2.75) is 18.1 Å². The predicted molar refractivity (Wildman–Crippen MR) is 129 cm³/mol. The number of alkyl halides is 5. The number of benzene rings is 2. The molecule has 1 amide bonds. The number of rotatable bonds is 9. The van der Waals surface area contributed by atoms with Crippen LogP contribution in [0.15, 0.2) is 42.6 Å². The molecular weight excluding hydrogens is 566 g/mol. The number of ether oxygens (including phenoxy) is 4. The molecule has 0 aliphatic carbocycles. The van der Waals surface area contributed by atoms with E-state index >= 15 is 4.39 Å². The van der Waals surface area contributed by atoms with Crippen LogP contribution in [0.2, 0.25) is 0 Å². The topological polar surface area (TPSA) is 96.0 Å². The summed E-state index contributed by atoms with van der Waals surface area (Å²) >= 11 is 0. The molecule has 6 radical (unpaired) electrons. The van der Waals surface area contributed by atoms with Gasteiger partial charge in [0.2, 0.25) is 5.82 Å². The number of hydrogen-bond acceptors (Lipinski definition) is 7. The maximum Gasteiger partial charge on any atom is 0.573 e. The van der Waals surface area contributed by atoms with Crippen LogP contribution in [0.4, 0.5) is 36.4 Å². The van der Waals surface area contributed by atoms with Gasteiger partial charge in [0.05, 0.1) is 12.7 Å². The summed E-state index contributed by atoms with van der Waals surface area (Å²) in [6.45, 7) is 0. The average Bonchev–Trinajstić information content (AvgIpc) is 2.86. The van der Waals surface area contributed by atoms with Crippen molar-refractivity contribution in [2.75, 3.05) is 12.4 Å². The van der Waals surface area contributed by atoms with Crippen molar-refractivity contribution >= 4 is 41.1 Å². The summed E-state index contributed by atoms with van der Waals surface area (Å²) in [5.41, 5.74) is -2.85. The minimum absolute atomic E-state index is 0.166. The summed E-state index contributed by atoms with van der Waals surface area (Å²) in [6.07, 6.45) is -7.70. The van der Waals surface area contributed by atoms with Crippen LogP contribution >= 0.6 is 0 Å². The number of nitrogens with one attached hydrogen (secondary N) is 1. The van der Waals surface area contributed by atoms with Gasteiger partial charge in [0.25, 0.3) is 12.3 Å². The summed E-state index contributed by atoms with van der Waals surface area (Å²) in [6, 6.07) is 4.44. The zero-order valence-electron chi connectivity index (χ0n) is 20.4. The highest BCUT2D eigenvalue weighted by Gasteiger charge is 2.35. The van der Waals surface area contributed by atoms with Gasteiger partial charge >= 0.3 is 12.3 Å². The fourth-order valence-electron chi connectivity index (χ4n) is 3.15. The van der Waals surface area contributed by atoms with E-state index in [-0.39, 0.29) is 11.4 Å². The standard InChI is InChI=1S/C23H12B3F7N2O6/c1-38-21(37)11-8-9(6-7-34-11)35-20(36)15-12(3-2-10(16(15)27)19(29)30)39-14-5-4-13(40-23(31,32)33)17(28)18(14)41-22(24,25)26/h2-8,19H,1H3,(H,34,35,36). The molecule has 2 aromatic carbocycles. The van der Waals surface area contributed by atoms with Crippen molar-refractivity contribution in [3.63, 3.8) is 0 Å². The number of hydrogen-bond donors (Lipinski definition) is 1. The van der Waals surface area contributed by atoms with Gasteiger partial charge in [-0.3, -0.25) is 4.79 Å². The number of halogens is 7.